The van der Waals surface area contributed by atoms with Crippen molar-refractivity contribution in [1.82, 2.24) is 5.32 Å². The van der Waals surface area contributed by atoms with E-state index < -0.39 is 18.1 Å². The van der Waals surface area contributed by atoms with Crippen molar-refractivity contribution in [2.45, 2.75) is 18.6 Å². The lowest BCUT2D eigenvalue weighted by Gasteiger charge is -2.22. The van der Waals surface area contributed by atoms with Crippen LogP contribution in [-0.2, 0) is 20.7 Å². The summed E-state index contributed by atoms with van der Waals surface area (Å²) in [6, 6.07) is 11.2. The summed E-state index contributed by atoms with van der Waals surface area (Å²) in [7, 11) is 1.22. The zero-order valence-electron chi connectivity index (χ0n) is 12.1. The first-order valence-corrected chi connectivity index (χ1v) is 7.62. The van der Waals surface area contributed by atoms with Gasteiger partial charge in [-0.3, -0.25) is 4.79 Å². The summed E-state index contributed by atoms with van der Waals surface area (Å²) in [6.07, 6.45) is -1.01. The summed E-state index contributed by atoms with van der Waals surface area (Å²) in [5.41, 5.74) is 0.536. The first-order valence-electron chi connectivity index (χ1n) is 6.74. The number of benzene rings is 1. The van der Waals surface area contributed by atoms with Gasteiger partial charge in [-0.1, -0.05) is 36.4 Å². The number of carbonyl (C=O) groups is 2. The van der Waals surface area contributed by atoms with Crippen LogP contribution in [0.5, 0.6) is 0 Å². The number of aliphatic hydroxyl groups is 1. The van der Waals surface area contributed by atoms with Crippen molar-refractivity contribution in [2.75, 3.05) is 7.11 Å². The number of esters is 1. The van der Waals surface area contributed by atoms with E-state index in [0.717, 1.165) is 4.88 Å². The Bertz CT molecular complexity index is 612. The van der Waals surface area contributed by atoms with Crippen molar-refractivity contribution in [3.8, 4) is 0 Å². The molecular formula is C16H17NO4S. The fourth-order valence-corrected chi connectivity index (χ4v) is 2.74. The Labute approximate surface area is 132 Å². The molecule has 2 atom stereocenters. The highest BCUT2D eigenvalue weighted by Gasteiger charge is 2.30. The quantitative estimate of drug-likeness (QED) is 0.794. The number of hydrogen-bond acceptors (Lipinski definition) is 5. The lowest BCUT2D eigenvalue weighted by Crippen LogP contribution is -2.46. The number of amides is 1. The fourth-order valence-electron chi connectivity index (χ4n) is 2.03. The van der Waals surface area contributed by atoms with Crippen LogP contribution < -0.4 is 5.32 Å². The van der Waals surface area contributed by atoms with Crippen molar-refractivity contribution in [3.05, 3.63) is 58.3 Å². The maximum atomic E-state index is 12.1. The normalized spacial score (nSPS) is 13.2. The molecule has 0 saturated heterocycles. The van der Waals surface area contributed by atoms with Gasteiger partial charge in [0.25, 0.3) is 0 Å². The molecule has 2 N–H and O–H groups in total. The summed E-state index contributed by atoms with van der Waals surface area (Å²) in [5.74, 6) is -1.02. The van der Waals surface area contributed by atoms with E-state index in [1.165, 1.54) is 18.4 Å². The molecule has 5 nitrogen and oxygen atoms in total. The predicted octanol–water partition coefficient (Wildman–Crippen LogP) is 1.68. The van der Waals surface area contributed by atoms with E-state index in [-0.39, 0.29) is 12.3 Å². The van der Waals surface area contributed by atoms with Crippen molar-refractivity contribution < 1.29 is 19.4 Å². The molecule has 0 aliphatic rings. The Hall–Kier alpha value is -2.18. The van der Waals surface area contributed by atoms with Crippen LogP contribution in [0.4, 0.5) is 0 Å². The van der Waals surface area contributed by atoms with E-state index in [0.29, 0.717) is 5.56 Å². The van der Waals surface area contributed by atoms with Gasteiger partial charge in [0.2, 0.25) is 5.91 Å². The number of thiophene rings is 1. The second-order valence-corrected chi connectivity index (χ2v) is 5.71. The van der Waals surface area contributed by atoms with Gasteiger partial charge >= 0.3 is 5.97 Å². The van der Waals surface area contributed by atoms with E-state index in [4.69, 9.17) is 0 Å². The molecule has 6 heteroatoms. The van der Waals surface area contributed by atoms with Gasteiger partial charge in [0.1, 0.15) is 6.10 Å². The Balaban J connectivity index is 2.09. The number of aliphatic hydroxyl groups excluding tert-OH is 1. The van der Waals surface area contributed by atoms with E-state index in [1.807, 2.05) is 17.5 Å². The molecule has 0 radical (unpaired) electrons. The van der Waals surface area contributed by atoms with Crippen LogP contribution in [0.25, 0.3) is 0 Å². The molecule has 22 heavy (non-hydrogen) atoms. The molecule has 2 aromatic rings. The number of hydrogen-bond donors (Lipinski definition) is 2. The largest absolute Gasteiger partial charge is 0.467 e. The van der Waals surface area contributed by atoms with Gasteiger partial charge in [-0.05, 0) is 17.0 Å². The third kappa shape index (κ3) is 4.16. The average Bonchev–Trinajstić information content (AvgIpc) is 3.05. The van der Waals surface area contributed by atoms with Gasteiger partial charge in [-0.2, -0.15) is 0 Å². The van der Waals surface area contributed by atoms with E-state index >= 15 is 0 Å². The van der Waals surface area contributed by atoms with Gasteiger partial charge in [-0.15, -0.1) is 11.3 Å². The lowest BCUT2D eigenvalue weighted by atomic mass is 10.0. The third-order valence-corrected chi connectivity index (χ3v) is 4.02. The van der Waals surface area contributed by atoms with Crippen molar-refractivity contribution in [2.24, 2.45) is 0 Å². The monoisotopic (exact) mass is 319 g/mol. The number of methoxy groups -OCH3 is 1. The average molecular weight is 319 g/mol. The van der Waals surface area contributed by atoms with Crippen molar-refractivity contribution >= 4 is 23.2 Å². The first kappa shape index (κ1) is 16.2. The molecule has 0 aliphatic heterocycles. The van der Waals surface area contributed by atoms with E-state index in [1.54, 1.807) is 30.3 Å². The zero-order chi connectivity index (χ0) is 15.9. The summed E-state index contributed by atoms with van der Waals surface area (Å²) < 4.78 is 4.68. The van der Waals surface area contributed by atoms with Gasteiger partial charge in [0, 0.05) is 4.88 Å². The highest BCUT2D eigenvalue weighted by Crippen LogP contribution is 2.18. The van der Waals surface area contributed by atoms with E-state index in [9.17, 15) is 14.7 Å². The summed E-state index contributed by atoms with van der Waals surface area (Å²) in [4.78, 5) is 24.8. The van der Waals surface area contributed by atoms with Crippen LogP contribution >= 0.6 is 11.3 Å². The lowest BCUT2D eigenvalue weighted by molar-refractivity contribution is -0.148. The Morgan fingerprint density at radius 3 is 2.55 bits per heavy atom. The molecule has 0 fully saturated rings. The Morgan fingerprint density at radius 2 is 1.95 bits per heavy atom. The molecule has 0 bridgehead atoms. The number of rotatable bonds is 6. The highest BCUT2D eigenvalue weighted by molar-refractivity contribution is 7.10. The SMILES string of the molecule is COC(=O)C(NC(=O)Cc1cccs1)C(O)c1ccccc1. The fraction of sp³-hybridized carbons (Fsp3) is 0.250. The van der Waals surface area contributed by atoms with Gasteiger partial charge < -0.3 is 15.2 Å². The minimum Gasteiger partial charge on any atom is -0.467 e. The highest BCUT2D eigenvalue weighted by atomic mass is 32.1. The van der Waals surface area contributed by atoms with Crippen LogP contribution in [0.15, 0.2) is 47.8 Å². The predicted molar refractivity (Wildman–Crippen MR) is 83.4 cm³/mol. The Kier molecular flexibility index (Phi) is 5.68. The molecule has 0 aliphatic carbocycles. The molecule has 1 aromatic heterocycles. The number of carbonyl (C=O) groups excluding carboxylic acids is 2. The molecule has 2 unspecified atom stereocenters. The summed E-state index contributed by atoms with van der Waals surface area (Å²) >= 11 is 1.46. The topological polar surface area (TPSA) is 75.6 Å². The van der Waals surface area contributed by atoms with Crippen LogP contribution in [0.3, 0.4) is 0 Å². The summed E-state index contributed by atoms with van der Waals surface area (Å²) in [5, 5.41) is 14.8. The maximum Gasteiger partial charge on any atom is 0.331 e. The molecule has 0 spiro atoms. The third-order valence-electron chi connectivity index (χ3n) is 3.14. The molecule has 1 heterocycles. The van der Waals surface area contributed by atoms with Crippen LogP contribution in [0.1, 0.15) is 16.5 Å². The molecule has 1 amide bonds. The summed E-state index contributed by atoms with van der Waals surface area (Å²) in [6.45, 7) is 0. The van der Waals surface area contributed by atoms with E-state index in [2.05, 4.69) is 10.1 Å². The minimum absolute atomic E-state index is 0.159. The minimum atomic E-state index is -1.17. The van der Waals surface area contributed by atoms with Crippen molar-refractivity contribution in [1.29, 1.82) is 0 Å². The maximum absolute atomic E-state index is 12.1. The Morgan fingerprint density at radius 1 is 1.23 bits per heavy atom. The second kappa shape index (κ2) is 7.72. The first-order chi connectivity index (χ1) is 10.6. The van der Waals surface area contributed by atoms with Gasteiger partial charge in [0.15, 0.2) is 6.04 Å². The number of ether oxygens (including phenoxy) is 1. The van der Waals surface area contributed by atoms with Gasteiger partial charge in [-0.25, -0.2) is 4.79 Å². The standard InChI is InChI=1S/C16H17NO4S/c1-21-16(20)14(15(19)11-6-3-2-4-7-11)17-13(18)10-12-8-5-9-22-12/h2-9,14-15,19H,10H2,1H3,(H,17,18). The number of nitrogens with one attached hydrogen (secondary N) is 1. The molecule has 1 aromatic carbocycles. The molecular weight excluding hydrogens is 302 g/mol. The molecule has 0 saturated carbocycles. The van der Waals surface area contributed by atoms with Crippen LogP contribution in [0.2, 0.25) is 0 Å². The molecule has 2 rings (SSSR count). The van der Waals surface area contributed by atoms with Crippen molar-refractivity contribution in [3.63, 3.8) is 0 Å². The smallest absolute Gasteiger partial charge is 0.331 e. The van der Waals surface area contributed by atoms with Crippen LogP contribution in [0, 0.1) is 0 Å². The second-order valence-electron chi connectivity index (χ2n) is 4.68. The molecule has 116 valence electrons. The zero-order valence-corrected chi connectivity index (χ0v) is 12.9. The van der Waals surface area contributed by atoms with Gasteiger partial charge in [0.05, 0.1) is 13.5 Å². The van der Waals surface area contributed by atoms with Crippen LogP contribution in [-0.4, -0.2) is 30.1 Å².